The summed E-state index contributed by atoms with van der Waals surface area (Å²) >= 11 is 4.33. The second-order valence-corrected chi connectivity index (χ2v) is 4.81. The van der Waals surface area contributed by atoms with Crippen molar-refractivity contribution in [3.8, 4) is 0 Å². The maximum absolute atomic E-state index is 4.33. The number of hydrogen-bond donors (Lipinski definition) is 1. The molecule has 1 saturated carbocycles. The number of hydrogen-bond acceptors (Lipinski definition) is 2. The second kappa shape index (κ2) is 2.67. The molecule has 0 radical (unpaired) electrons. The van der Waals surface area contributed by atoms with Crippen LogP contribution in [0.2, 0.25) is 0 Å². The molecule has 2 rings (SSSR count). The smallest absolute Gasteiger partial charge is 0.00356 e. The van der Waals surface area contributed by atoms with Crippen molar-refractivity contribution < 1.29 is 0 Å². The van der Waals surface area contributed by atoms with Crippen LogP contribution >= 0.6 is 12.6 Å². The van der Waals surface area contributed by atoms with Gasteiger partial charge in [-0.1, -0.05) is 0 Å². The summed E-state index contributed by atoms with van der Waals surface area (Å²) in [4.78, 5) is 2.47. The summed E-state index contributed by atoms with van der Waals surface area (Å²) in [6.45, 7) is 2.66. The lowest BCUT2D eigenvalue weighted by Crippen LogP contribution is -2.39. The summed E-state index contributed by atoms with van der Waals surface area (Å²) in [5, 5.41) is 0. The Morgan fingerprint density at radius 1 is 1.55 bits per heavy atom. The van der Waals surface area contributed by atoms with E-state index in [9.17, 15) is 0 Å². The van der Waals surface area contributed by atoms with Crippen LogP contribution in [0.15, 0.2) is 0 Å². The lowest BCUT2D eigenvalue weighted by Gasteiger charge is -2.44. The van der Waals surface area contributed by atoms with Gasteiger partial charge in [-0.05, 0) is 49.9 Å². The van der Waals surface area contributed by atoms with Gasteiger partial charge in [-0.3, -0.25) is 0 Å². The van der Waals surface area contributed by atoms with Crippen LogP contribution in [0, 0.1) is 11.3 Å². The van der Waals surface area contributed by atoms with Crippen molar-refractivity contribution in [2.24, 2.45) is 11.3 Å². The molecule has 64 valence electrons. The molecule has 1 aliphatic heterocycles. The molecule has 0 atom stereocenters. The lowest BCUT2D eigenvalue weighted by atomic mass is 9.62. The lowest BCUT2D eigenvalue weighted by molar-refractivity contribution is 0.0815. The zero-order valence-corrected chi connectivity index (χ0v) is 8.11. The fourth-order valence-electron chi connectivity index (χ4n) is 2.79. The quantitative estimate of drug-likeness (QED) is 0.587. The van der Waals surface area contributed by atoms with Crippen molar-refractivity contribution in [1.29, 1.82) is 0 Å². The van der Waals surface area contributed by atoms with Gasteiger partial charge in [0.25, 0.3) is 0 Å². The van der Waals surface area contributed by atoms with Crippen LogP contribution in [0.1, 0.15) is 19.3 Å². The molecular formula is C9H17NS. The highest BCUT2D eigenvalue weighted by Gasteiger charge is 2.46. The fourth-order valence-corrected chi connectivity index (χ4v) is 3.04. The van der Waals surface area contributed by atoms with E-state index >= 15 is 0 Å². The van der Waals surface area contributed by atoms with Crippen LogP contribution in [0.25, 0.3) is 0 Å². The van der Waals surface area contributed by atoms with E-state index in [2.05, 4.69) is 24.6 Å². The van der Waals surface area contributed by atoms with Crippen LogP contribution in [0.5, 0.6) is 0 Å². The van der Waals surface area contributed by atoms with E-state index in [1.165, 1.54) is 32.4 Å². The van der Waals surface area contributed by atoms with E-state index in [-0.39, 0.29) is 0 Å². The molecule has 1 nitrogen and oxygen atoms in total. The molecule has 0 amide bonds. The van der Waals surface area contributed by atoms with Crippen molar-refractivity contribution in [3.05, 3.63) is 0 Å². The third kappa shape index (κ3) is 1.31. The summed E-state index contributed by atoms with van der Waals surface area (Å²) in [5.74, 6) is 2.04. The first-order chi connectivity index (χ1) is 5.24. The van der Waals surface area contributed by atoms with Gasteiger partial charge in [0.05, 0.1) is 0 Å². The predicted molar refractivity (Wildman–Crippen MR) is 51.1 cm³/mol. The van der Waals surface area contributed by atoms with Gasteiger partial charge in [-0.2, -0.15) is 12.6 Å². The van der Waals surface area contributed by atoms with E-state index in [4.69, 9.17) is 0 Å². The van der Waals surface area contributed by atoms with Gasteiger partial charge in [-0.15, -0.1) is 0 Å². The molecule has 0 aromatic carbocycles. The molecule has 1 heterocycles. The maximum atomic E-state index is 4.33. The van der Waals surface area contributed by atoms with Gasteiger partial charge in [0.15, 0.2) is 0 Å². The Kier molecular flexibility index (Phi) is 1.92. The molecule has 0 bridgehead atoms. The largest absolute Gasteiger partial charge is 0.306 e. The van der Waals surface area contributed by atoms with Crippen molar-refractivity contribution in [3.63, 3.8) is 0 Å². The molecular weight excluding hydrogens is 154 g/mol. The Morgan fingerprint density at radius 3 is 2.73 bits per heavy atom. The molecule has 0 aromatic rings. The van der Waals surface area contributed by atoms with Gasteiger partial charge < -0.3 is 4.90 Å². The molecule has 0 N–H and O–H groups in total. The van der Waals surface area contributed by atoms with Gasteiger partial charge in [0, 0.05) is 6.54 Å². The normalized spacial score (nSPS) is 44.7. The summed E-state index contributed by atoms with van der Waals surface area (Å²) in [7, 11) is 2.24. The number of thiol groups is 1. The Balaban J connectivity index is 1.87. The van der Waals surface area contributed by atoms with Crippen LogP contribution in [0.4, 0.5) is 0 Å². The highest BCUT2D eigenvalue weighted by molar-refractivity contribution is 7.80. The van der Waals surface area contributed by atoms with Crippen molar-refractivity contribution >= 4 is 12.6 Å². The predicted octanol–water partition coefficient (Wildman–Crippen LogP) is 1.65. The fraction of sp³-hybridized carbons (Fsp3) is 1.00. The Labute approximate surface area is 74.6 Å². The summed E-state index contributed by atoms with van der Waals surface area (Å²) in [6, 6.07) is 0. The molecule has 1 aliphatic carbocycles. The molecule has 1 spiro atoms. The minimum atomic E-state index is 0.738. The van der Waals surface area contributed by atoms with Crippen molar-refractivity contribution in [2.45, 2.75) is 19.3 Å². The molecule has 11 heavy (non-hydrogen) atoms. The van der Waals surface area contributed by atoms with E-state index in [1.807, 2.05) is 0 Å². The van der Waals surface area contributed by atoms with Crippen molar-refractivity contribution in [2.75, 3.05) is 25.9 Å². The summed E-state index contributed by atoms with van der Waals surface area (Å²) < 4.78 is 0. The van der Waals surface area contributed by atoms with Gasteiger partial charge in [-0.25, -0.2) is 0 Å². The monoisotopic (exact) mass is 171 g/mol. The SMILES string of the molecule is CN1CCC2(CC(CS)C2)C1. The third-order valence-electron chi connectivity index (χ3n) is 3.33. The zero-order chi connectivity index (χ0) is 7.90. The summed E-state index contributed by atoms with van der Waals surface area (Å²) in [6.07, 6.45) is 4.33. The average Bonchev–Trinajstić information content (AvgIpc) is 2.28. The minimum absolute atomic E-state index is 0.738. The van der Waals surface area contributed by atoms with Gasteiger partial charge in [0.1, 0.15) is 0 Å². The van der Waals surface area contributed by atoms with Gasteiger partial charge in [0.2, 0.25) is 0 Å². The molecule has 0 aromatic heterocycles. The molecule has 0 unspecified atom stereocenters. The van der Waals surface area contributed by atoms with E-state index < -0.39 is 0 Å². The number of rotatable bonds is 1. The molecule has 1 saturated heterocycles. The third-order valence-corrected chi connectivity index (χ3v) is 3.85. The first-order valence-electron chi connectivity index (χ1n) is 4.53. The second-order valence-electron chi connectivity index (χ2n) is 4.44. The van der Waals surface area contributed by atoms with Crippen LogP contribution in [-0.2, 0) is 0 Å². The van der Waals surface area contributed by atoms with E-state index in [0.717, 1.165) is 17.1 Å². The standard InChI is InChI=1S/C9H17NS/c1-10-3-2-9(7-10)4-8(5-9)6-11/h8,11H,2-7H2,1H3. The molecule has 2 heteroatoms. The average molecular weight is 171 g/mol. The van der Waals surface area contributed by atoms with E-state index in [0.29, 0.717) is 0 Å². The topological polar surface area (TPSA) is 3.24 Å². The van der Waals surface area contributed by atoms with Gasteiger partial charge >= 0.3 is 0 Å². The first-order valence-corrected chi connectivity index (χ1v) is 5.17. The number of likely N-dealkylation sites (tertiary alicyclic amines) is 1. The molecule has 2 fully saturated rings. The Bertz CT molecular complexity index is 152. The summed E-state index contributed by atoms with van der Waals surface area (Å²) in [5.41, 5.74) is 0.738. The zero-order valence-electron chi connectivity index (χ0n) is 7.21. The maximum Gasteiger partial charge on any atom is 0.00356 e. The van der Waals surface area contributed by atoms with Crippen LogP contribution in [-0.4, -0.2) is 30.8 Å². The number of nitrogens with zero attached hydrogens (tertiary/aromatic N) is 1. The van der Waals surface area contributed by atoms with E-state index in [1.54, 1.807) is 0 Å². The highest BCUT2D eigenvalue weighted by atomic mass is 32.1. The highest BCUT2D eigenvalue weighted by Crippen LogP contribution is 2.51. The Hall–Kier alpha value is 0.310. The molecule has 2 aliphatic rings. The van der Waals surface area contributed by atoms with Crippen LogP contribution < -0.4 is 0 Å². The Morgan fingerprint density at radius 2 is 2.27 bits per heavy atom. The van der Waals surface area contributed by atoms with Crippen LogP contribution in [0.3, 0.4) is 0 Å². The minimum Gasteiger partial charge on any atom is -0.306 e. The van der Waals surface area contributed by atoms with Crippen molar-refractivity contribution in [1.82, 2.24) is 4.90 Å². The first kappa shape index (κ1) is 7.93.